The van der Waals surface area contributed by atoms with Crippen molar-refractivity contribution in [1.82, 2.24) is 19.8 Å². The number of rotatable bonds is 5. The third-order valence-corrected chi connectivity index (χ3v) is 3.61. The van der Waals surface area contributed by atoms with Gasteiger partial charge in [0.15, 0.2) is 5.82 Å². The SMILES string of the molecule is C/C(=N\OCCc1nnc2sc(N)nn12)c1ccccc1. The lowest BCUT2D eigenvalue weighted by Crippen LogP contribution is -2.03. The van der Waals surface area contributed by atoms with E-state index in [4.69, 9.17) is 10.6 Å². The van der Waals surface area contributed by atoms with Crippen LogP contribution in [-0.4, -0.2) is 32.1 Å². The van der Waals surface area contributed by atoms with E-state index in [0.29, 0.717) is 28.9 Å². The Kier molecular flexibility index (Phi) is 3.78. The summed E-state index contributed by atoms with van der Waals surface area (Å²) < 4.78 is 1.64. The van der Waals surface area contributed by atoms with Crippen molar-refractivity contribution in [3.8, 4) is 0 Å². The summed E-state index contributed by atoms with van der Waals surface area (Å²) in [6.45, 7) is 2.31. The van der Waals surface area contributed by atoms with Gasteiger partial charge in [0, 0.05) is 6.42 Å². The highest BCUT2D eigenvalue weighted by molar-refractivity contribution is 7.20. The lowest BCUT2D eigenvalue weighted by molar-refractivity contribution is 0.146. The van der Waals surface area contributed by atoms with Crippen LogP contribution in [0.5, 0.6) is 0 Å². The van der Waals surface area contributed by atoms with Gasteiger partial charge in [0.05, 0.1) is 5.71 Å². The minimum atomic E-state index is 0.405. The Hall–Kier alpha value is -2.48. The van der Waals surface area contributed by atoms with E-state index in [9.17, 15) is 0 Å². The lowest BCUT2D eigenvalue weighted by Gasteiger charge is -2.01. The Balaban J connectivity index is 1.59. The standard InChI is InChI=1S/C13H14N6OS/c1-9(10-5-3-2-4-6-10)18-20-8-7-11-15-16-13-19(11)17-12(14)21-13/h2-6H,7-8H2,1H3,(H2,14,17)/b18-9+. The van der Waals surface area contributed by atoms with Crippen LogP contribution < -0.4 is 5.73 Å². The zero-order chi connectivity index (χ0) is 14.7. The summed E-state index contributed by atoms with van der Waals surface area (Å²) in [7, 11) is 0. The molecule has 0 saturated carbocycles. The van der Waals surface area contributed by atoms with Crippen LogP contribution in [0.1, 0.15) is 18.3 Å². The number of benzene rings is 1. The number of hydrogen-bond acceptors (Lipinski definition) is 7. The smallest absolute Gasteiger partial charge is 0.236 e. The highest BCUT2D eigenvalue weighted by Crippen LogP contribution is 2.15. The van der Waals surface area contributed by atoms with Crippen molar-refractivity contribution >= 4 is 27.1 Å². The van der Waals surface area contributed by atoms with E-state index in [0.717, 1.165) is 11.3 Å². The summed E-state index contributed by atoms with van der Waals surface area (Å²) in [4.78, 5) is 6.02. The molecule has 8 heteroatoms. The van der Waals surface area contributed by atoms with Crippen molar-refractivity contribution < 1.29 is 4.84 Å². The van der Waals surface area contributed by atoms with Gasteiger partial charge < -0.3 is 10.6 Å². The number of fused-ring (bicyclic) bond motifs is 1. The second-order valence-electron chi connectivity index (χ2n) is 4.38. The number of nitrogen functional groups attached to an aromatic ring is 1. The predicted molar refractivity (Wildman–Crippen MR) is 81.4 cm³/mol. The lowest BCUT2D eigenvalue weighted by atomic mass is 10.1. The second kappa shape index (κ2) is 5.88. The van der Waals surface area contributed by atoms with Crippen LogP contribution in [0.25, 0.3) is 4.96 Å². The molecule has 108 valence electrons. The molecular weight excluding hydrogens is 288 g/mol. The number of oxime groups is 1. The molecule has 3 aromatic rings. The molecule has 0 fully saturated rings. The van der Waals surface area contributed by atoms with Gasteiger partial charge in [-0.25, -0.2) is 0 Å². The van der Waals surface area contributed by atoms with Crippen molar-refractivity contribution in [3.63, 3.8) is 0 Å². The molecule has 2 aromatic heterocycles. The highest BCUT2D eigenvalue weighted by Gasteiger charge is 2.09. The van der Waals surface area contributed by atoms with Gasteiger partial charge in [-0.1, -0.05) is 46.8 Å². The number of hydrogen-bond donors (Lipinski definition) is 1. The molecule has 0 saturated heterocycles. The van der Waals surface area contributed by atoms with E-state index in [1.165, 1.54) is 11.3 Å². The Morgan fingerprint density at radius 2 is 2.14 bits per heavy atom. The van der Waals surface area contributed by atoms with Gasteiger partial charge in [-0.3, -0.25) is 0 Å². The van der Waals surface area contributed by atoms with Gasteiger partial charge in [-0.2, -0.15) is 4.52 Å². The zero-order valence-electron chi connectivity index (χ0n) is 11.4. The summed E-state index contributed by atoms with van der Waals surface area (Å²) in [6, 6.07) is 9.88. The third kappa shape index (κ3) is 3.00. The van der Waals surface area contributed by atoms with Gasteiger partial charge >= 0.3 is 0 Å². The first-order valence-electron chi connectivity index (χ1n) is 6.42. The largest absolute Gasteiger partial charge is 0.395 e. The number of nitrogens with two attached hydrogens (primary N) is 1. The predicted octanol–water partition coefficient (Wildman–Crippen LogP) is 1.75. The molecular formula is C13H14N6OS. The molecule has 0 bridgehead atoms. The van der Waals surface area contributed by atoms with Gasteiger partial charge in [0.2, 0.25) is 10.1 Å². The molecule has 0 unspecified atom stereocenters. The van der Waals surface area contributed by atoms with Crippen LogP contribution in [-0.2, 0) is 11.3 Å². The van der Waals surface area contributed by atoms with Crippen LogP contribution in [0.2, 0.25) is 0 Å². The monoisotopic (exact) mass is 302 g/mol. The van der Waals surface area contributed by atoms with Gasteiger partial charge in [-0.05, 0) is 12.5 Å². The summed E-state index contributed by atoms with van der Waals surface area (Å²) in [5.74, 6) is 0.713. The van der Waals surface area contributed by atoms with E-state index < -0.39 is 0 Å². The number of anilines is 1. The van der Waals surface area contributed by atoms with Gasteiger partial charge in [-0.15, -0.1) is 15.3 Å². The molecule has 2 heterocycles. The van der Waals surface area contributed by atoms with Crippen LogP contribution in [0.4, 0.5) is 5.13 Å². The van der Waals surface area contributed by atoms with Crippen molar-refractivity contribution in [2.45, 2.75) is 13.3 Å². The van der Waals surface area contributed by atoms with Crippen LogP contribution in [0, 0.1) is 0 Å². The maximum atomic E-state index is 5.63. The molecule has 0 aliphatic heterocycles. The maximum Gasteiger partial charge on any atom is 0.236 e. The summed E-state index contributed by atoms with van der Waals surface area (Å²) >= 11 is 1.30. The molecule has 7 nitrogen and oxygen atoms in total. The Morgan fingerprint density at radius 3 is 2.95 bits per heavy atom. The summed E-state index contributed by atoms with van der Waals surface area (Å²) in [5, 5.41) is 16.7. The van der Waals surface area contributed by atoms with Crippen LogP contribution >= 0.6 is 11.3 Å². The molecule has 0 aliphatic rings. The van der Waals surface area contributed by atoms with E-state index in [2.05, 4.69) is 20.5 Å². The van der Waals surface area contributed by atoms with Crippen molar-refractivity contribution in [2.75, 3.05) is 12.3 Å². The summed E-state index contributed by atoms with van der Waals surface area (Å²) in [5.41, 5.74) is 7.50. The van der Waals surface area contributed by atoms with Gasteiger partial charge in [0.25, 0.3) is 0 Å². The first kappa shape index (κ1) is 13.5. The average molecular weight is 302 g/mol. The molecule has 0 amide bonds. The second-order valence-corrected chi connectivity index (χ2v) is 5.36. The van der Waals surface area contributed by atoms with Crippen LogP contribution in [0.3, 0.4) is 0 Å². The molecule has 0 radical (unpaired) electrons. The molecule has 0 spiro atoms. The zero-order valence-corrected chi connectivity index (χ0v) is 12.2. The fraction of sp³-hybridized carbons (Fsp3) is 0.231. The number of nitrogens with zero attached hydrogens (tertiary/aromatic N) is 5. The first-order chi connectivity index (χ1) is 10.2. The fourth-order valence-electron chi connectivity index (χ4n) is 1.84. The Labute approximate surface area is 125 Å². The average Bonchev–Trinajstić information content (AvgIpc) is 3.04. The molecule has 0 aliphatic carbocycles. The first-order valence-corrected chi connectivity index (χ1v) is 7.24. The summed E-state index contributed by atoms with van der Waals surface area (Å²) in [6.07, 6.45) is 0.565. The normalized spacial score (nSPS) is 12.0. The van der Waals surface area contributed by atoms with E-state index in [1.54, 1.807) is 4.52 Å². The molecule has 21 heavy (non-hydrogen) atoms. The van der Waals surface area contributed by atoms with Crippen molar-refractivity contribution in [2.24, 2.45) is 5.16 Å². The fourth-order valence-corrected chi connectivity index (χ4v) is 2.46. The van der Waals surface area contributed by atoms with E-state index >= 15 is 0 Å². The third-order valence-electron chi connectivity index (χ3n) is 2.88. The Bertz CT molecular complexity index is 763. The van der Waals surface area contributed by atoms with Crippen molar-refractivity contribution in [1.29, 1.82) is 0 Å². The molecule has 1 aromatic carbocycles. The minimum absolute atomic E-state index is 0.405. The molecule has 0 atom stereocenters. The maximum absolute atomic E-state index is 5.63. The van der Waals surface area contributed by atoms with Crippen molar-refractivity contribution in [3.05, 3.63) is 41.7 Å². The quantitative estimate of drug-likeness (QED) is 0.440. The topological polar surface area (TPSA) is 90.7 Å². The van der Waals surface area contributed by atoms with E-state index in [1.807, 2.05) is 37.3 Å². The van der Waals surface area contributed by atoms with Gasteiger partial charge in [0.1, 0.15) is 6.61 Å². The highest BCUT2D eigenvalue weighted by atomic mass is 32.1. The minimum Gasteiger partial charge on any atom is -0.395 e. The molecule has 3 rings (SSSR count). The Morgan fingerprint density at radius 1 is 1.33 bits per heavy atom. The van der Waals surface area contributed by atoms with Crippen LogP contribution in [0.15, 0.2) is 35.5 Å². The molecule has 2 N–H and O–H groups in total. The van der Waals surface area contributed by atoms with E-state index in [-0.39, 0.29) is 0 Å². The number of aromatic nitrogens is 4.